The number of β-amino-alcohol motifs (C(OH)–C–C–N with tert-alkyl or cyclic N) is 1. The van der Waals surface area contributed by atoms with E-state index in [1.807, 2.05) is 0 Å². The molecule has 1 aliphatic heterocycles. The molecule has 4 atom stereocenters. The molecule has 2 bridgehead atoms. The zero-order chi connectivity index (χ0) is 16.0. The fourth-order valence-electron chi connectivity index (χ4n) is 5.48. The average Bonchev–Trinajstić information content (AvgIpc) is 2.92. The third kappa shape index (κ3) is 3.09. The van der Waals surface area contributed by atoms with Crippen molar-refractivity contribution in [3.8, 4) is 0 Å². The standard InChI is InChI=1S/C19H35NO2/c1-14-6-9-20(10-7-14)12-16(21)13-22-17-18(2,3)15-5-8-19(17,4)11-15/h14-17,21H,5-13H2,1-4H3. The summed E-state index contributed by atoms with van der Waals surface area (Å²) in [6, 6.07) is 0. The Bertz CT molecular complexity index is 384. The molecule has 0 aromatic heterocycles. The first-order valence-corrected chi connectivity index (χ1v) is 9.33. The molecule has 0 aromatic carbocycles. The van der Waals surface area contributed by atoms with Gasteiger partial charge in [0.05, 0.1) is 18.8 Å². The molecular weight excluding hydrogens is 274 g/mol. The minimum Gasteiger partial charge on any atom is -0.389 e. The molecule has 1 N–H and O–H groups in total. The lowest BCUT2D eigenvalue weighted by atomic mass is 9.70. The van der Waals surface area contributed by atoms with Gasteiger partial charge in [-0.25, -0.2) is 0 Å². The molecule has 22 heavy (non-hydrogen) atoms. The van der Waals surface area contributed by atoms with Gasteiger partial charge in [0, 0.05) is 6.54 Å². The van der Waals surface area contributed by atoms with Crippen LogP contribution in [-0.2, 0) is 4.74 Å². The number of aliphatic hydroxyl groups is 1. The number of rotatable bonds is 5. The summed E-state index contributed by atoms with van der Waals surface area (Å²) in [5, 5.41) is 10.4. The minimum atomic E-state index is -0.341. The third-order valence-electron chi connectivity index (χ3n) is 6.94. The Kier molecular flexibility index (Phi) is 4.61. The first-order chi connectivity index (χ1) is 10.3. The number of nitrogens with zero attached hydrogens (tertiary/aromatic N) is 1. The molecule has 1 heterocycles. The lowest BCUT2D eigenvalue weighted by molar-refractivity contribution is -0.114. The van der Waals surface area contributed by atoms with E-state index >= 15 is 0 Å². The Morgan fingerprint density at radius 2 is 1.86 bits per heavy atom. The van der Waals surface area contributed by atoms with Crippen LogP contribution < -0.4 is 0 Å². The summed E-state index contributed by atoms with van der Waals surface area (Å²) in [6.07, 6.45) is 6.47. The lowest BCUT2D eigenvalue weighted by Crippen LogP contribution is -2.45. The van der Waals surface area contributed by atoms with Gasteiger partial charge in [-0.1, -0.05) is 27.7 Å². The largest absolute Gasteiger partial charge is 0.389 e. The second-order valence-electron chi connectivity index (χ2n) is 9.27. The maximum absolute atomic E-state index is 10.4. The molecule has 2 aliphatic carbocycles. The fraction of sp³-hybridized carbons (Fsp3) is 1.00. The summed E-state index contributed by atoms with van der Waals surface area (Å²) in [5.41, 5.74) is 0.613. The van der Waals surface area contributed by atoms with Gasteiger partial charge in [-0.3, -0.25) is 0 Å². The first kappa shape index (κ1) is 16.7. The predicted octanol–water partition coefficient (Wildman–Crippen LogP) is 3.31. The second kappa shape index (κ2) is 6.07. The van der Waals surface area contributed by atoms with E-state index in [9.17, 15) is 5.11 Å². The summed E-state index contributed by atoms with van der Waals surface area (Å²) in [6.45, 7) is 13.0. The van der Waals surface area contributed by atoms with Gasteiger partial charge in [-0.2, -0.15) is 0 Å². The van der Waals surface area contributed by atoms with Crippen molar-refractivity contribution in [1.29, 1.82) is 0 Å². The molecule has 3 nitrogen and oxygen atoms in total. The molecule has 0 radical (unpaired) electrons. The van der Waals surface area contributed by atoms with Crippen molar-refractivity contribution in [1.82, 2.24) is 4.90 Å². The molecule has 0 amide bonds. The summed E-state index contributed by atoms with van der Waals surface area (Å²) in [7, 11) is 0. The van der Waals surface area contributed by atoms with Gasteiger partial charge < -0.3 is 14.7 Å². The summed E-state index contributed by atoms with van der Waals surface area (Å²) in [5.74, 6) is 1.66. The number of hydrogen-bond donors (Lipinski definition) is 1. The molecule has 4 unspecified atom stereocenters. The van der Waals surface area contributed by atoms with E-state index in [4.69, 9.17) is 4.74 Å². The van der Waals surface area contributed by atoms with Crippen LogP contribution in [0.4, 0.5) is 0 Å². The Morgan fingerprint density at radius 1 is 1.18 bits per heavy atom. The normalized spacial score (nSPS) is 40.2. The average molecular weight is 309 g/mol. The van der Waals surface area contributed by atoms with Gasteiger partial charge >= 0.3 is 0 Å². The van der Waals surface area contributed by atoms with Crippen molar-refractivity contribution in [2.45, 2.75) is 72.0 Å². The van der Waals surface area contributed by atoms with E-state index in [1.54, 1.807) is 0 Å². The number of aliphatic hydroxyl groups excluding tert-OH is 1. The number of piperidine rings is 1. The monoisotopic (exact) mass is 309 g/mol. The van der Waals surface area contributed by atoms with Crippen LogP contribution in [0.15, 0.2) is 0 Å². The Labute approximate surface area is 136 Å². The number of likely N-dealkylation sites (tertiary alicyclic amines) is 1. The minimum absolute atomic E-state index is 0.271. The van der Waals surface area contributed by atoms with E-state index in [1.165, 1.54) is 32.1 Å². The van der Waals surface area contributed by atoms with Gasteiger partial charge in [-0.05, 0) is 67.9 Å². The van der Waals surface area contributed by atoms with Crippen molar-refractivity contribution >= 4 is 0 Å². The SMILES string of the molecule is CC1CCN(CC(O)COC2C3(C)CCC(C3)C2(C)C)CC1. The van der Waals surface area contributed by atoms with Gasteiger partial charge in [0.25, 0.3) is 0 Å². The molecule has 3 rings (SSSR count). The lowest BCUT2D eigenvalue weighted by Gasteiger charge is -2.42. The smallest absolute Gasteiger partial charge is 0.0900 e. The van der Waals surface area contributed by atoms with Crippen LogP contribution in [-0.4, -0.2) is 48.5 Å². The quantitative estimate of drug-likeness (QED) is 0.846. The van der Waals surface area contributed by atoms with Crippen molar-refractivity contribution in [3.63, 3.8) is 0 Å². The van der Waals surface area contributed by atoms with E-state index in [0.717, 1.165) is 31.5 Å². The van der Waals surface area contributed by atoms with E-state index in [0.29, 0.717) is 18.1 Å². The Hall–Kier alpha value is -0.120. The van der Waals surface area contributed by atoms with Crippen molar-refractivity contribution in [2.24, 2.45) is 22.7 Å². The molecule has 128 valence electrons. The van der Waals surface area contributed by atoms with Crippen LogP contribution in [0.25, 0.3) is 0 Å². The van der Waals surface area contributed by atoms with Crippen LogP contribution in [0.5, 0.6) is 0 Å². The van der Waals surface area contributed by atoms with Crippen LogP contribution in [0, 0.1) is 22.7 Å². The number of ether oxygens (including phenoxy) is 1. The highest BCUT2D eigenvalue weighted by molar-refractivity contribution is 5.09. The van der Waals surface area contributed by atoms with E-state index < -0.39 is 0 Å². The maximum Gasteiger partial charge on any atom is 0.0900 e. The highest BCUT2D eigenvalue weighted by Crippen LogP contribution is 2.63. The van der Waals surface area contributed by atoms with Crippen LogP contribution in [0.3, 0.4) is 0 Å². The zero-order valence-electron chi connectivity index (χ0n) is 15.0. The molecular formula is C19H35NO2. The zero-order valence-corrected chi connectivity index (χ0v) is 15.0. The molecule has 3 aliphatic rings. The highest BCUT2D eigenvalue weighted by atomic mass is 16.5. The van der Waals surface area contributed by atoms with Crippen LogP contribution in [0.1, 0.15) is 59.8 Å². The molecule has 1 saturated heterocycles. The van der Waals surface area contributed by atoms with Gasteiger partial charge in [0.1, 0.15) is 0 Å². The van der Waals surface area contributed by atoms with Gasteiger partial charge in [0.2, 0.25) is 0 Å². The van der Waals surface area contributed by atoms with E-state index in [2.05, 4.69) is 32.6 Å². The predicted molar refractivity (Wildman–Crippen MR) is 89.8 cm³/mol. The van der Waals surface area contributed by atoms with Crippen molar-refractivity contribution in [2.75, 3.05) is 26.2 Å². The van der Waals surface area contributed by atoms with Crippen molar-refractivity contribution < 1.29 is 9.84 Å². The third-order valence-corrected chi connectivity index (χ3v) is 6.94. The molecule has 3 heteroatoms. The topological polar surface area (TPSA) is 32.7 Å². The molecule has 0 spiro atoms. The highest BCUT2D eigenvalue weighted by Gasteiger charge is 2.60. The number of fused-ring (bicyclic) bond motifs is 2. The Balaban J connectivity index is 1.48. The Morgan fingerprint density at radius 3 is 2.45 bits per heavy atom. The number of hydrogen-bond acceptors (Lipinski definition) is 3. The van der Waals surface area contributed by atoms with Crippen LogP contribution >= 0.6 is 0 Å². The van der Waals surface area contributed by atoms with Gasteiger partial charge in [0.15, 0.2) is 0 Å². The van der Waals surface area contributed by atoms with Crippen LogP contribution in [0.2, 0.25) is 0 Å². The van der Waals surface area contributed by atoms with Crippen molar-refractivity contribution in [3.05, 3.63) is 0 Å². The first-order valence-electron chi connectivity index (χ1n) is 9.33. The summed E-state index contributed by atoms with van der Waals surface area (Å²) in [4.78, 5) is 2.40. The summed E-state index contributed by atoms with van der Waals surface area (Å²) < 4.78 is 6.30. The van der Waals surface area contributed by atoms with Gasteiger partial charge in [-0.15, -0.1) is 0 Å². The van der Waals surface area contributed by atoms with E-state index in [-0.39, 0.29) is 11.5 Å². The molecule has 0 aromatic rings. The summed E-state index contributed by atoms with van der Waals surface area (Å²) >= 11 is 0. The molecule has 2 saturated carbocycles. The second-order valence-corrected chi connectivity index (χ2v) is 9.27. The maximum atomic E-state index is 10.4. The fourth-order valence-corrected chi connectivity index (χ4v) is 5.48. The molecule has 3 fully saturated rings.